The highest BCUT2D eigenvalue weighted by Gasteiger charge is 2.10. The van der Waals surface area contributed by atoms with Crippen molar-refractivity contribution >= 4 is 22.4 Å². The second-order valence-electron chi connectivity index (χ2n) is 5.81. The summed E-state index contributed by atoms with van der Waals surface area (Å²) in [6, 6.07) is 11.6. The van der Waals surface area contributed by atoms with E-state index in [0.29, 0.717) is 28.0 Å². The number of hydrogen-bond acceptors (Lipinski definition) is 5. The number of aromatic nitrogens is 2. The molecule has 8 nitrogen and oxygen atoms in total. The number of aryl methyl sites for hydroxylation is 1. The number of carbonyl (C=O) groups is 1. The number of nitrogens with one attached hydrogen (secondary N) is 2. The predicted octanol–water partition coefficient (Wildman–Crippen LogP) is 1.74. The van der Waals surface area contributed by atoms with Crippen molar-refractivity contribution in [2.24, 2.45) is 0 Å². The number of aromatic amines is 1. The minimum Gasteiger partial charge on any atom is -0.493 e. The summed E-state index contributed by atoms with van der Waals surface area (Å²) in [5.41, 5.74) is -0.174. The number of rotatable bonds is 6. The lowest BCUT2D eigenvalue weighted by atomic mass is 10.2. The van der Waals surface area contributed by atoms with Gasteiger partial charge in [-0.05, 0) is 24.3 Å². The predicted molar refractivity (Wildman–Crippen MR) is 102 cm³/mol. The number of carbonyl (C=O) groups excluding carboxylic acids is 1. The number of amides is 1. The van der Waals surface area contributed by atoms with Crippen LogP contribution in [0.15, 0.2) is 52.1 Å². The van der Waals surface area contributed by atoms with Crippen LogP contribution in [0.2, 0.25) is 0 Å². The van der Waals surface area contributed by atoms with Gasteiger partial charge < -0.3 is 14.8 Å². The number of H-pyrrole nitrogens is 1. The summed E-state index contributed by atoms with van der Waals surface area (Å²) < 4.78 is 11.5. The Hall–Kier alpha value is -3.55. The van der Waals surface area contributed by atoms with E-state index in [-0.39, 0.29) is 30.0 Å². The van der Waals surface area contributed by atoms with Crippen molar-refractivity contribution in [3.8, 4) is 11.5 Å². The van der Waals surface area contributed by atoms with E-state index in [1.165, 1.54) is 14.2 Å². The molecule has 0 saturated heterocycles. The first-order valence-electron chi connectivity index (χ1n) is 8.27. The van der Waals surface area contributed by atoms with Crippen molar-refractivity contribution in [1.82, 2.24) is 9.78 Å². The number of ether oxygens (including phenoxy) is 2. The molecule has 0 unspecified atom stereocenters. The number of hydrogen-bond donors (Lipinski definition) is 2. The van der Waals surface area contributed by atoms with E-state index in [0.717, 1.165) is 4.68 Å². The summed E-state index contributed by atoms with van der Waals surface area (Å²) in [4.78, 5) is 36.7. The Morgan fingerprint density at radius 3 is 2.44 bits per heavy atom. The van der Waals surface area contributed by atoms with Gasteiger partial charge in [0.05, 0.1) is 31.5 Å². The van der Waals surface area contributed by atoms with Crippen LogP contribution in [0, 0.1) is 0 Å². The summed E-state index contributed by atoms with van der Waals surface area (Å²) in [5, 5.41) is 5.88. The number of benzene rings is 2. The van der Waals surface area contributed by atoms with Gasteiger partial charge in [0.15, 0.2) is 11.5 Å². The molecule has 27 heavy (non-hydrogen) atoms. The molecule has 0 aliphatic heterocycles. The highest BCUT2D eigenvalue weighted by atomic mass is 16.5. The topological polar surface area (TPSA) is 102 Å². The second kappa shape index (κ2) is 7.77. The molecule has 0 aliphatic rings. The van der Waals surface area contributed by atoms with Crippen molar-refractivity contribution in [2.75, 3.05) is 19.5 Å². The molecule has 0 bridgehead atoms. The van der Waals surface area contributed by atoms with Crippen molar-refractivity contribution in [2.45, 2.75) is 13.0 Å². The summed E-state index contributed by atoms with van der Waals surface area (Å²) in [7, 11) is 3.03. The molecule has 0 saturated carbocycles. The maximum Gasteiger partial charge on any atom is 0.273 e. The molecule has 0 radical (unpaired) electrons. The first kappa shape index (κ1) is 18.2. The molecule has 3 aromatic rings. The summed E-state index contributed by atoms with van der Waals surface area (Å²) >= 11 is 0. The first-order chi connectivity index (χ1) is 13.0. The zero-order valence-electron chi connectivity index (χ0n) is 14.9. The molecule has 0 fully saturated rings. The molecule has 1 heterocycles. The highest BCUT2D eigenvalue weighted by Crippen LogP contribution is 2.29. The normalized spacial score (nSPS) is 10.6. The van der Waals surface area contributed by atoms with Crippen LogP contribution >= 0.6 is 0 Å². The quantitative estimate of drug-likeness (QED) is 0.689. The fourth-order valence-electron chi connectivity index (χ4n) is 2.75. The highest BCUT2D eigenvalue weighted by molar-refractivity contribution is 5.91. The molecule has 3 rings (SSSR count). The van der Waals surface area contributed by atoms with Crippen molar-refractivity contribution in [3.05, 3.63) is 63.2 Å². The molecule has 8 heteroatoms. The Bertz CT molecular complexity index is 1100. The molecule has 140 valence electrons. The maximum atomic E-state index is 12.4. The first-order valence-corrected chi connectivity index (χ1v) is 8.27. The number of fused-ring (bicyclic) bond motifs is 1. The molecule has 0 atom stereocenters. The van der Waals surface area contributed by atoms with Crippen molar-refractivity contribution in [1.29, 1.82) is 0 Å². The number of anilines is 1. The monoisotopic (exact) mass is 369 g/mol. The summed E-state index contributed by atoms with van der Waals surface area (Å²) in [6.45, 7) is 0.0536. The Morgan fingerprint density at radius 1 is 1.04 bits per heavy atom. The Labute approximate surface area is 154 Å². The molecular weight excluding hydrogens is 350 g/mol. The minimum atomic E-state index is -0.370. The van der Waals surface area contributed by atoms with E-state index in [1.807, 2.05) is 0 Å². The van der Waals surface area contributed by atoms with Gasteiger partial charge in [-0.25, -0.2) is 4.68 Å². The molecule has 2 aromatic carbocycles. The average molecular weight is 369 g/mol. The molecular formula is C19H19N3O5. The second-order valence-corrected chi connectivity index (χ2v) is 5.81. The SMILES string of the molecule is COc1ccc(NC(=O)CCn2[nH]c(=O)c3ccccc3c2=O)cc1OC. The van der Waals surface area contributed by atoms with Gasteiger partial charge in [0.1, 0.15) is 0 Å². The Morgan fingerprint density at radius 2 is 1.74 bits per heavy atom. The average Bonchev–Trinajstić information content (AvgIpc) is 2.69. The molecule has 1 aromatic heterocycles. The van der Waals surface area contributed by atoms with Gasteiger partial charge >= 0.3 is 0 Å². The smallest absolute Gasteiger partial charge is 0.273 e. The summed E-state index contributed by atoms with van der Waals surface area (Å²) in [6.07, 6.45) is 0.0164. The Kier molecular flexibility index (Phi) is 5.25. The van der Waals surface area contributed by atoms with Gasteiger partial charge in [-0.1, -0.05) is 12.1 Å². The van der Waals surface area contributed by atoms with Crippen LogP contribution in [0.3, 0.4) is 0 Å². The van der Waals surface area contributed by atoms with Crippen LogP contribution in [0.1, 0.15) is 6.42 Å². The van der Waals surface area contributed by atoms with E-state index >= 15 is 0 Å². The van der Waals surface area contributed by atoms with Gasteiger partial charge in [0.25, 0.3) is 11.1 Å². The van der Waals surface area contributed by atoms with Crippen LogP contribution in [-0.2, 0) is 11.3 Å². The van der Waals surface area contributed by atoms with E-state index in [2.05, 4.69) is 10.4 Å². The lowest BCUT2D eigenvalue weighted by Gasteiger charge is -2.11. The third kappa shape index (κ3) is 3.84. The third-order valence-electron chi connectivity index (χ3n) is 4.11. The van der Waals surface area contributed by atoms with Gasteiger partial charge in [-0.15, -0.1) is 0 Å². The van der Waals surface area contributed by atoms with E-state index in [1.54, 1.807) is 42.5 Å². The zero-order valence-corrected chi connectivity index (χ0v) is 14.9. The standard InChI is InChI=1S/C19H19N3O5/c1-26-15-8-7-12(11-16(15)27-2)20-17(23)9-10-22-19(25)14-6-4-3-5-13(14)18(24)21-22/h3-8,11H,9-10H2,1-2H3,(H,20,23)(H,21,24). The van der Waals surface area contributed by atoms with Crippen LogP contribution in [-0.4, -0.2) is 29.9 Å². The minimum absolute atomic E-state index is 0.0164. The third-order valence-corrected chi connectivity index (χ3v) is 4.11. The van der Waals surface area contributed by atoms with E-state index < -0.39 is 0 Å². The lowest BCUT2D eigenvalue weighted by Crippen LogP contribution is -2.31. The van der Waals surface area contributed by atoms with E-state index in [4.69, 9.17) is 9.47 Å². The lowest BCUT2D eigenvalue weighted by molar-refractivity contribution is -0.116. The molecule has 2 N–H and O–H groups in total. The molecule has 0 aliphatic carbocycles. The van der Waals surface area contributed by atoms with Gasteiger partial charge in [-0.2, -0.15) is 0 Å². The fraction of sp³-hybridized carbons (Fsp3) is 0.211. The maximum absolute atomic E-state index is 12.4. The fourth-order valence-corrected chi connectivity index (χ4v) is 2.75. The van der Waals surface area contributed by atoms with Crippen LogP contribution < -0.4 is 25.9 Å². The Balaban J connectivity index is 1.73. The van der Waals surface area contributed by atoms with Crippen molar-refractivity contribution in [3.63, 3.8) is 0 Å². The van der Waals surface area contributed by atoms with Gasteiger partial charge in [-0.3, -0.25) is 19.5 Å². The largest absolute Gasteiger partial charge is 0.493 e. The number of methoxy groups -OCH3 is 2. The van der Waals surface area contributed by atoms with Gasteiger partial charge in [0, 0.05) is 18.2 Å². The van der Waals surface area contributed by atoms with Crippen LogP contribution in [0.25, 0.3) is 10.8 Å². The molecule has 0 spiro atoms. The van der Waals surface area contributed by atoms with Crippen molar-refractivity contribution < 1.29 is 14.3 Å². The van der Waals surface area contributed by atoms with Gasteiger partial charge in [0.2, 0.25) is 5.91 Å². The van der Waals surface area contributed by atoms with Crippen LogP contribution in [0.4, 0.5) is 5.69 Å². The zero-order chi connectivity index (χ0) is 19.4. The van der Waals surface area contributed by atoms with Crippen LogP contribution in [0.5, 0.6) is 11.5 Å². The summed E-state index contributed by atoms with van der Waals surface area (Å²) in [5.74, 6) is 0.740. The molecule has 1 amide bonds. The van der Waals surface area contributed by atoms with E-state index in [9.17, 15) is 14.4 Å². The number of nitrogens with zero attached hydrogens (tertiary/aromatic N) is 1.